The number of carbonyl (C=O) groups is 1. The molecule has 6 heteroatoms. The standard InChI is InChI=1S/C19H24N4O2/c1-12-10-13(2)23(21-12)9-8-20-19(24)18-14(3)22(4)17-7-6-15(25-5)11-16(17)18/h6-7,10-11H,8-9H2,1-5H3,(H,20,24). The number of nitrogens with one attached hydrogen (secondary N) is 1. The lowest BCUT2D eigenvalue weighted by Gasteiger charge is -2.08. The Morgan fingerprint density at radius 2 is 2.00 bits per heavy atom. The van der Waals surface area contributed by atoms with Crippen molar-refractivity contribution < 1.29 is 9.53 Å². The maximum absolute atomic E-state index is 12.8. The van der Waals surface area contributed by atoms with Crippen LogP contribution in [0.4, 0.5) is 0 Å². The molecule has 1 N–H and O–H groups in total. The Balaban J connectivity index is 1.82. The van der Waals surface area contributed by atoms with Crippen LogP contribution in [0.5, 0.6) is 5.75 Å². The number of benzene rings is 1. The molecule has 0 fully saturated rings. The summed E-state index contributed by atoms with van der Waals surface area (Å²) in [5.41, 5.74) is 4.73. The van der Waals surface area contributed by atoms with Gasteiger partial charge in [-0.3, -0.25) is 9.48 Å². The second-order valence-corrected chi connectivity index (χ2v) is 6.31. The minimum absolute atomic E-state index is 0.0714. The molecule has 132 valence electrons. The maximum atomic E-state index is 12.8. The van der Waals surface area contributed by atoms with E-state index in [-0.39, 0.29) is 5.91 Å². The Bertz CT molecular complexity index is 937. The Hall–Kier alpha value is -2.76. The van der Waals surface area contributed by atoms with E-state index in [1.807, 2.05) is 61.3 Å². The van der Waals surface area contributed by atoms with Crippen molar-refractivity contribution in [1.29, 1.82) is 0 Å². The third kappa shape index (κ3) is 3.12. The zero-order valence-corrected chi connectivity index (χ0v) is 15.4. The molecule has 1 amide bonds. The number of aromatic nitrogens is 3. The number of rotatable bonds is 5. The molecule has 25 heavy (non-hydrogen) atoms. The SMILES string of the molecule is COc1ccc2c(c1)c(C(=O)NCCn1nc(C)cc1C)c(C)n2C. The van der Waals surface area contributed by atoms with E-state index in [4.69, 9.17) is 4.74 Å². The van der Waals surface area contributed by atoms with Crippen LogP contribution in [0.25, 0.3) is 10.9 Å². The highest BCUT2D eigenvalue weighted by molar-refractivity contribution is 6.08. The number of methoxy groups -OCH3 is 1. The van der Waals surface area contributed by atoms with Gasteiger partial charge in [-0.15, -0.1) is 0 Å². The monoisotopic (exact) mass is 340 g/mol. The van der Waals surface area contributed by atoms with Gasteiger partial charge in [-0.1, -0.05) is 0 Å². The fraction of sp³-hybridized carbons (Fsp3) is 0.368. The number of nitrogens with zero attached hydrogens (tertiary/aromatic N) is 3. The van der Waals surface area contributed by atoms with Crippen molar-refractivity contribution in [1.82, 2.24) is 19.7 Å². The van der Waals surface area contributed by atoms with Gasteiger partial charge in [-0.25, -0.2) is 0 Å². The van der Waals surface area contributed by atoms with Gasteiger partial charge in [0.1, 0.15) is 5.75 Å². The highest BCUT2D eigenvalue weighted by Crippen LogP contribution is 2.28. The molecule has 0 aliphatic heterocycles. The summed E-state index contributed by atoms with van der Waals surface area (Å²) in [7, 11) is 3.60. The van der Waals surface area contributed by atoms with Crippen molar-refractivity contribution in [3.8, 4) is 5.75 Å². The lowest BCUT2D eigenvalue weighted by atomic mass is 10.1. The van der Waals surface area contributed by atoms with Crippen LogP contribution in [0, 0.1) is 20.8 Å². The average molecular weight is 340 g/mol. The topological polar surface area (TPSA) is 61.1 Å². The quantitative estimate of drug-likeness (QED) is 0.777. The fourth-order valence-electron chi connectivity index (χ4n) is 3.23. The van der Waals surface area contributed by atoms with Crippen molar-refractivity contribution in [2.24, 2.45) is 7.05 Å². The van der Waals surface area contributed by atoms with E-state index >= 15 is 0 Å². The van der Waals surface area contributed by atoms with Crippen molar-refractivity contribution in [2.75, 3.05) is 13.7 Å². The molecule has 0 unspecified atom stereocenters. The van der Waals surface area contributed by atoms with Crippen molar-refractivity contribution in [3.05, 3.63) is 46.9 Å². The van der Waals surface area contributed by atoms with Crippen LogP contribution < -0.4 is 10.1 Å². The zero-order chi connectivity index (χ0) is 18.1. The van der Waals surface area contributed by atoms with Gasteiger partial charge in [0, 0.05) is 35.9 Å². The second kappa shape index (κ2) is 6.63. The summed E-state index contributed by atoms with van der Waals surface area (Å²) in [6.07, 6.45) is 0. The number of hydrogen-bond donors (Lipinski definition) is 1. The molecule has 0 atom stereocenters. The third-order valence-corrected chi connectivity index (χ3v) is 4.64. The maximum Gasteiger partial charge on any atom is 0.253 e. The number of fused-ring (bicyclic) bond motifs is 1. The van der Waals surface area contributed by atoms with E-state index in [1.165, 1.54) is 0 Å². The molecule has 0 radical (unpaired) electrons. The Labute approximate surface area is 147 Å². The summed E-state index contributed by atoms with van der Waals surface area (Å²) in [6.45, 7) is 7.12. The van der Waals surface area contributed by atoms with Crippen LogP contribution in [0.2, 0.25) is 0 Å². The average Bonchev–Trinajstić information content (AvgIpc) is 3.03. The lowest BCUT2D eigenvalue weighted by Crippen LogP contribution is -2.28. The molecule has 2 aromatic heterocycles. The molecule has 0 spiro atoms. The first kappa shape index (κ1) is 17.1. The number of amides is 1. The molecule has 3 rings (SSSR count). The molecule has 0 aliphatic carbocycles. The molecule has 3 aromatic rings. The predicted molar refractivity (Wildman–Crippen MR) is 98.2 cm³/mol. The minimum Gasteiger partial charge on any atom is -0.497 e. The molecule has 0 aliphatic rings. The van der Waals surface area contributed by atoms with Crippen molar-refractivity contribution in [3.63, 3.8) is 0 Å². The molecule has 0 bridgehead atoms. The van der Waals surface area contributed by atoms with Crippen LogP contribution in [-0.4, -0.2) is 33.9 Å². The van der Waals surface area contributed by atoms with Crippen molar-refractivity contribution >= 4 is 16.8 Å². The van der Waals surface area contributed by atoms with Gasteiger partial charge in [0.05, 0.1) is 24.9 Å². The van der Waals surface area contributed by atoms with Crippen LogP contribution >= 0.6 is 0 Å². The van der Waals surface area contributed by atoms with Gasteiger partial charge in [0.25, 0.3) is 5.91 Å². The molecular formula is C19H24N4O2. The summed E-state index contributed by atoms with van der Waals surface area (Å²) in [6, 6.07) is 7.83. The van der Waals surface area contributed by atoms with E-state index in [1.54, 1.807) is 7.11 Å². The first-order valence-corrected chi connectivity index (χ1v) is 8.34. The van der Waals surface area contributed by atoms with Gasteiger partial charge >= 0.3 is 0 Å². The van der Waals surface area contributed by atoms with Gasteiger partial charge in [-0.2, -0.15) is 5.10 Å². The van der Waals surface area contributed by atoms with Crippen LogP contribution in [0.3, 0.4) is 0 Å². The highest BCUT2D eigenvalue weighted by Gasteiger charge is 2.18. The van der Waals surface area contributed by atoms with Gasteiger partial charge < -0.3 is 14.6 Å². The van der Waals surface area contributed by atoms with E-state index in [9.17, 15) is 4.79 Å². The van der Waals surface area contributed by atoms with E-state index in [0.717, 1.165) is 33.7 Å². The number of aryl methyl sites for hydroxylation is 3. The van der Waals surface area contributed by atoms with Gasteiger partial charge in [0.2, 0.25) is 0 Å². The molecule has 2 heterocycles. The summed E-state index contributed by atoms with van der Waals surface area (Å²) >= 11 is 0. The van der Waals surface area contributed by atoms with Gasteiger partial charge in [-0.05, 0) is 45.0 Å². The van der Waals surface area contributed by atoms with Gasteiger partial charge in [0.15, 0.2) is 0 Å². The van der Waals surface area contributed by atoms with Crippen molar-refractivity contribution in [2.45, 2.75) is 27.3 Å². The molecule has 0 saturated heterocycles. The first-order valence-electron chi connectivity index (χ1n) is 8.34. The summed E-state index contributed by atoms with van der Waals surface area (Å²) in [4.78, 5) is 12.8. The number of ether oxygens (including phenoxy) is 1. The third-order valence-electron chi connectivity index (χ3n) is 4.64. The predicted octanol–water partition coefficient (Wildman–Crippen LogP) is 2.74. The number of hydrogen-bond acceptors (Lipinski definition) is 3. The van der Waals surface area contributed by atoms with E-state index in [2.05, 4.69) is 10.4 Å². The first-order chi connectivity index (χ1) is 11.9. The van der Waals surface area contributed by atoms with Crippen LogP contribution in [-0.2, 0) is 13.6 Å². The summed E-state index contributed by atoms with van der Waals surface area (Å²) < 4.78 is 9.25. The second-order valence-electron chi connectivity index (χ2n) is 6.31. The Morgan fingerprint density at radius 3 is 2.64 bits per heavy atom. The lowest BCUT2D eigenvalue weighted by molar-refractivity contribution is 0.0952. The van der Waals surface area contributed by atoms with E-state index < -0.39 is 0 Å². The Morgan fingerprint density at radius 1 is 1.24 bits per heavy atom. The smallest absolute Gasteiger partial charge is 0.253 e. The Kier molecular flexibility index (Phi) is 4.53. The normalized spacial score (nSPS) is 11.1. The number of carbonyl (C=O) groups excluding carboxylic acids is 1. The largest absolute Gasteiger partial charge is 0.497 e. The van der Waals surface area contributed by atoms with Crippen LogP contribution in [0.1, 0.15) is 27.4 Å². The molecule has 6 nitrogen and oxygen atoms in total. The fourth-order valence-corrected chi connectivity index (χ4v) is 3.23. The minimum atomic E-state index is -0.0714. The summed E-state index contributed by atoms with van der Waals surface area (Å²) in [5.74, 6) is 0.674. The summed E-state index contributed by atoms with van der Waals surface area (Å²) in [5, 5.41) is 8.34. The van der Waals surface area contributed by atoms with Crippen LogP contribution in [0.15, 0.2) is 24.3 Å². The highest BCUT2D eigenvalue weighted by atomic mass is 16.5. The zero-order valence-electron chi connectivity index (χ0n) is 15.4. The van der Waals surface area contributed by atoms with E-state index in [0.29, 0.717) is 18.7 Å². The molecular weight excluding hydrogens is 316 g/mol. The molecule has 1 aromatic carbocycles. The molecule has 0 saturated carbocycles.